The number of thioether (sulfide) groups is 1. The quantitative estimate of drug-likeness (QED) is 0.752. The fraction of sp³-hybridized carbons (Fsp3) is 0.500. The van der Waals surface area contributed by atoms with Crippen molar-refractivity contribution in [3.63, 3.8) is 0 Å². The van der Waals surface area contributed by atoms with Crippen LogP contribution in [0.1, 0.15) is 23.7 Å². The molecule has 1 heterocycles. The summed E-state index contributed by atoms with van der Waals surface area (Å²) in [6.07, 6.45) is 2.57. The second kappa shape index (κ2) is 8.19. The molecule has 0 aromatic carbocycles. The molecule has 0 fully saturated rings. The number of hydrogen-bond donors (Lipinski definition) is 2. The van der Waals surface area contributed by atoms with Crippen LogP contribution in [0.5, 0.6) is 0 Å². The minimum absolute atomic E-state index is 0.276. The molecule has 0 aliphatic heterocycles. The summed E-state index contributed by atoms with van der Waals surface area (Å²) >= 11 is 2.92. The Morgan fingerprint density at radius 3 is 2.95 bits per heavy atom. The van der Waals surface area contributed by atoms with Crippen LogP contribution in [-0.4, -0.2) is 36.5 Å². The lowest BCUT2D eigenvalue weighted by Gasteiger charge is -2.11. The third-order valence-electron chi connectivity index (χ3n) is 2.37. The van der Waals surface area contributed by atoms with Crippen LogP contribution >= 0.6 is 23.1 Å². The van der Waals surface area contributed by atoms with Gasteiger partial charge in [-0.1, -0.05) is 0 Å². The normalized spacial score (nSPS) is 11.9. The highest BCUT2D eigenvalue weighted by Crippen LogP contribution is 2.24. The molecule has 1 aromatic heterocycles. The molecule has 3 N–H and O–H groups in total. The highest BCUT2D eigenvalue weighted by Gasteiger charge is 2.19. The van der Waals surface area contributed by atoms with Gasteiger partial charge in [0.05, 0.1) is 18.2 Å². The van der Waals surface area contributed by atoms with Gasteiger partial charge in [0.2, 0.25) is 5.91 Å². The predicted molar refractivity (Wildman–Crippen MR) is 79.9 cm³/mol. The number of nitrogens with one attached hydrogen (secondary N) is 1. The molecule has 0 saturated heterocycles. The Morgan fingerprint density at radius 2 is 2.32 bits per heavy atom. The maximum Gasteiger partial charge on any atom is 0.341 e. The maximum atomic E-state index is 11.9. The maximum absolute atomic E-state index is 11.9. The van der Waals surface area contributed by atoms with Crippen molar-refractivity contribution < 1.29 is 14.3 Å². The first-order valence-corrected chi connectivity index (χ1v) is 8.17. The number of thiophene rings is 1. The van der Waals surface area contributed by atoms with Gasteiger partial charge in [-0.3, -0.25) is 4.79 Å². The van der Waals surface area contributed by atoms with Crippen LogP contribution in [0.15, 0.2) is 11.4 Å². The second-order valence-corrected chi connectivity index (χ2v) is 5.66. The van der Waals surface area contributed by atoms with E-state index in [0.717, 1.165) is 5.75 Å². The highest BCUT2D eigenvalue weighted by molar-refractivity contribution is 7.98. The third kappa shape index (κ3) is 4.85. The summed E-state index contributed by atoms with van der Waals surface area (Å²) in [5, 5.41) is 4.90. The molecular weight excluding hydrogens is 284 g/mol. The molecule has 0 aliphatic rings. The molecule has 106 valence electrons. The van der Waals surface area contributed by atoms with E-state index in [1.807, 2.05) is 6.26 Å². The fourth-order valence-electron chi connectivity index (χ4n) is 1.36. The van der Waals surface area contributed by atoms with Gasteiger partial charge in [-0.25, -0.2) is 4.79 Å². The zero-order valence-electron chi connectivity index (χ0n) is 11.0. The van der Waals surface area contributed by atoms with Gasteiger partial charge in [0.15, 0.2) is 0 Å². The van der Waals surface area contributed by atoms with E-state index in [-0.39, 0.29) is 5.91 Å². The first-order valence-electron chi connectivity index (χ1n) is 5.90. The van der Waals surface area contributed by atoms with E-state index in [4.69, 9.17) is 10.5 Å². The number of nitrogens with two attached hydrogens (primary N) is 1. The number of hydrogen-bond acceptors (Lipinski definition) is 6. The summed E-state index contributed by atoms with van der Waals surface area (Å²) in [5.74, 6) is 0.114. The van der Waals surface area contributed by atoms with Gasteiger partial charge in [0, 0.05) is 0 Å². The minimum Gasteiger partial charge on any atom is -0.462 e. The first-order chi connectivity index (χ1) is 9.10. The van der Waals surface area contributed by atoms with Crippen molar-refractivity contribution in [2.24, 2.45) is 5.73 Å². The molecule has 0 bridgehead atoms. The monoisotopic (exact) mass is 302 g/mol. The Kier molecular flexibility index (Phi) is 6.90. The molecule has 7 heteroatoms. The number of esters is 1. The highest BCUT2D eigenvalue weighted by atomic mass is 32.2. The SMILES string of the molecule is CCOC(=O)c1ccsc1NC(=O)[C@H](N)CCSC. The zero-order valence-corrected chi connectivity index (χ0v) is 12.6. The van der Waals surface area contributed by atoms with Gasteiger partial charge in [0.25, 0.3) is 0 Å². The molecule has 1 amide bonds. The van der Waals surface area contributed by atoms with Gasteiger partial charge in [-0.2, -0.15) is 11.8 Å². The summed E-state index contributed by atoms with van der Waals surface area (Å²) in [4.78, 5) is 23.5. The third-order valence-corrected chi connectivity index (χ3v) is 3.84. The summed E-state index contributed by atoms with van der Waals surface area (Å²) in [6, 6.07) is 1.07. The Morgan fingerprint density at radius 1 is 1.58 bits per heavy atom. The Balaban J connectivity index is 2.64. The van der Waals surface area contributed by atoms with Crippen LogP contribution in [-0.2, 0) is 9.53 Å². The molecule has 0 unspecified atom stereocenters. The van der Waals surface area contributed by atoms with Gasteiger partial charge in [-0.05, 0) is 36.8 Å². The average Bonchev–Trinajstić information content (AvgIpc) is 2.84. The molecular formula is C12H18N2O3S2. The number of rotatable bonds is 7. The molecule has 5 nitrogen and oxygen atoms in total. The van der Waals surface area contributed by atoms with E-state index in [0.29, 0.717) is 23.6 Å². The van der Waals surface area contributed by atoms with Crippen molar-refractivity contribution >= 4 is 40.0 Å². The fourth-order valence-corrected chi connectivity index (χ4v) is 2.62. The summed E-state index contributed by atoms with van der Waals surface area (Å²) in [7, 11) is 0. The van der Waals surface area contributed by atoms with Crippen molar-refractivity contribution in [2.45, 2.75) is 19.4 Å². The van der Waals surface area contributed by atoms with Crippen molar-refractivity contribution in [3.8, 4) is 0 Å². The predicted octanol–water partition coefficient (Wildman–Crippen LogP) is 1.94. The lowest BCUT2D eigenvalue weighted by atomic mass is 10.2. The molecule has 0 saturated carbocycles. The van der Waals surface area contributed by atoms with E-state index in [1.54, 1.807) is 30.1 Å². The van der Waals surface area contributed by atoms with Crippen LogP contribution in [0.25, 0.3) is 0 Å². The molecule has 1 aromatic rings. The second-order valence-electron chi connectivity index (χ2n) is 3.76. The number of carbonyl (C=O) groups is 2. The van der Waals surface area contributed by atoms with Gasteiger partial charge >= 0.3 is 5.97 Å². The van der Waals surface area contributed by atoms with Crippen LogP contribution in [0, 0.1) is 0 Å². The Bertz CT molecular complexity index is 434. The molecule has 0 radical (unpaired) electrons. The Hall–Kier alpha value is -1.05. The molecule has 19 heavy (non-hydrogen) atoms. The smallest absolute Gasteiger partial charge is 0.341 e. The number of carbonyl (C=O) groups excluding carboxylic acids is 2. The van der Waals surface area contributed by atoms with Crippen molar-refractivity contribution in [3.05, 3.63) is 17.0 Å². The summed E-state index contributed by atoms with van der Waals surface area (Å²) in [6.45, 7) is 2.04. The number of ether oxygens (including phenoxy) is 1. The van der Waals surface area contributed by atoms with E-state index in [1.165, 1.54) is 11.3 Å². The van der Waals surface area contributed by atoms with Crippen LogP contribution in [0.3, 0.4) is 0 Å². The van der Waals surface area contributed by atoms with Gasteiger partial charge in [0.1, 0.15) is 5.00 Å². The molecule has 1 atom stereocenters. The summed E-state index contributed by atoms with van der Waals surface area (Å²) in [5.41, 5.74) is 6.14. The van der Waals surface area contributed by atoms with Gasteiger partial charge < -0.3 is 15.8 Å². The van der Waals surface area contributed by atoms with E-state index < -0.39 is 12.0 Å². The standard InChI is InChI=1S/C12H18N2O3S2/c1-3-17-12(16)8-4-7-19-11(8)14-10(15)9(13)5-6-18-2/h4,7,9H,3,5-6,13H2,1-2H3,(H,14,15)/t9-/m1/s1. The van der Waals surface area contributed by atoms with Gasteiger partial charge in [-0.15, -0.1) is 11.3 Å². The number of amides is 1. The minimum atomic E-state index is -0.565. The van der Waals surface area contributed by atoms with Crippen LogP contribution < -0.4 is 11.1 Å². The lowest BCUT2D eigenvalue weighted by Crippen LogP contribution is -2.36. The van der Waals surface area contributed by atoms with Crippen LogP contribution in [0.4, 0.5) is 5.00 Å². The largest absolute Gasteiger partial charge is 0.462 e. The van der Waals surface area contributed by atoms with E-state index >= 15 is 0 Å². The molecule has 0 spiro atoms. The topological polar surface area (TPSA) is 81.4 Å². The zero-order chi connectivity index (χ0) is 14.3. The number of anilines is 1. The van der Waals surface area contributed by atoms with Crippen LogP contribution in [0.2, 0.25) is 0 Å². The molecule has 0 aliphatic carbocycles. The van der Waals surface area contributed by atoms with Crippen molar-refractivity contribution in [1.82, 2.24) is 0 Å². The van der Waals surface area contributed by atoms with Crippen molar-refractivity contribution in [2.75, 3.05) is 23.9 Å². The van der Waals surface area contributed by atoms with E-state index in [2.05, 4.69) is 5.32 Å². The molecule has 1 rings (SSSR count). The van der Waals surface area contributed by atoms with E-state index in [9.17, 15) is 9.59 Å². The first kappa shape index (κ1) is 16.0. The average molecular weight is 302 g/mol. The van der Waals surface area contributed by atoms with Crippen molar-refractivity contribution in [1.29, 1.82) is 0 Å². The summed E-state index contributed by atoms with van der Waals surface area (Å²) < 4.78 is 4.92. The Labute approximate surface area is 120 Å². The lowest BCUT2D eigenvalue weighted by molar-refractivity contribution is -0.117.